The molecule has 1 atom stereocenters. The molecule has 0 bridgehead atoms. The lowest BCUT2D eigenvalue weighted by molar-refractivity contribution is 0.512. The van der Waals surface area contributed by atoms with E-state index in [0.29, 0.717) is 12.6 Å². The molecule has 158 valence electrons. The van der Waals surface area contributed by atoms with E-state index in [9.17, 15) is 4.39 Å². The number of nitrogens with zero attached hydrogens (tertiary/aromatic N) is 3. The summed E-state index contributed by atoms with van der Waals surface area (Å²) in [5.41, 5.74) is 4.44. The van der Waals surface area contributed by atoms with Gasteiger partial charge in [-0.25, -0.2) is 4.39 Å². The predicted molar refractivity (Wildman–Crippen MR) is 132 cm³/mol. The Morgan fingerprint density at radius 1 is 1.17 bits per heavy atom. The van der Waals surface area contributed by atoms with E-state index in [0.717, 1.165) is 40.3 Å². The molecular weight excluding hydrogens is 462 g/mol. The maximum Gasteiger partial charge on any atom is 0.168 e. The van der Waals surface area contributed by atoms with Gasteiger partial charge in [-0.15, -0.1) is 24.8 Å². The van der Waals surface area contributed by atoms with Crippen molar-refractivity contribution in [3.05, 3.63) is 76.6 Å². The van der Waals surface area contributed by atoms with E-state index in [4.69, 9.17) is 4.99 Å². The maximum atomic E-state index is 13.5. The van der Waals surface area contributed by atoms with Crippen LogP contribution in [0.25, 0.3) is 0 Å². The Kier molecular flexibility index (Phi) is 7.74. The number of aliphatic imine (C=N–C) groups is 2. The molecule has 0 saturated carbocycles. The van der Waals surface area contributed by atoms with Gasteiger partial charge < -0.3 is 10.2 Å². The molecular formula is C21H21Cl2FN4S2. The number of fused-ring (bicyclic) bond motifs is 2. The third-order valence-corrected chi connectivity index (χ3v) is 6.81. The van der Waals surface area contributed by atoms with Crippen LogP contribution < -0.4 is 5.32 Å². The second-order valence-corrected chi connectivity index (χ2v) is 8.73. The van der Waals surface area contributed by atoms with Gasteiger partial charge in [-0.3, -0.25) is 9.98 Å². The molecule has 5 rings (SSSR count). The van der Waals surface area contributed by atoms with Crippen LogP contribution in [0.5, 0.6) is 0 Å². The molecule has 9 heteroatoms. The van der Waals surface area contributed by atoms with Gasteiger partial charge in [-0.1, -0.05) is 59.9 Å². The van der Waals surface area contributed by atoms with Gasteiger partial charge in [0, 0.05) is 23.7 Å². The minimum Gasteiger partial charge on any atom is -0.335 e. The summed E-state index contributed by atoms with van der Waals surface area (Å²) in [6.07, 6.45) is 0.971. The summed E-state index contributed by atoms with van der Waals surface area (Å²) in [7, 11) is 0. The van der Waals surface area contributed by atoms with Crippen LogP contribution in [0.1, 0.15) is 11.1 Å². The van der Waals surface area contributed by atoms with Crippen molar-refractivity contribution < 1.29 is 4.39 Å². The molecule has 3 aliphatic rings. The first kappa shape index (κ1) is 23.0. The van der Waals surface area contributed by atoms with Crippen LogP contribution in [-0.4, -0.2) is 33.6 Å². The van der Waals surface area contributed by atoms with E-state index in [1.165, 1.54) is 23.4 Å². The number of halogens is 3. The van der Waals surface area contributed by atoms with Crippen LogP contribution in [-0.2, 0) is 13.0 Å². The van der Waals surface area contributed by atoms with Crippen molar-refractivity contribution in [3.8, 4) is 0 Å². The van der Waals surface area contributed by atoms with E-state index in [-0.39, 0.29) is 30.6 Å². The van der Waals surface area contributed by atoms with Crippen LogP contribution in [0, 0.1) is 5.82 Å². The zero-order chi connectivity index (χ0) is 18.9. The Morgan fingerprint density at radius 3 is 2.83 bits per heavy atom. The van der Waals surface area contributed by atoms with Crippen LogP contribution >= 0.6 is 48.3 Å². The summed E-state index contributed by atoms with van der Waals surface area (Å²) in [6, 6.07) is 15.6. The number of nitrogens with one attached hydrogen (secondary N) is 1. The lowest BCUT2D eigenvalue weighted by atomic mass is 10.1. The van der Waals surface area contributed by atoms with Gasteiger partial charge in [0.1, 0.15) is 5.82 Å². The molecule has 0 saturated heterocycles. The van der Waals surface area contributed by atoms with E-state index in [1.54, 1.807) is 29.6 Å². The highest BCUT2D eigenvalue weighted by atomic mass is 35.5. The Labute approximate surface area is 196 Å². The van der Waals surface area contributed by atoms with Gasteiger partial charge in [0.2, 0.25) is 0 Å². The van der Waals surface area contributed by atoms with Gasteiger partial charge in [0.15, 0.2) is 10.3 Å². The number of hydrogen-bond donors (Lipinski definition) is 1. The van der Waals surface area contributed by atoms with Crippen molar-refractivity contribution in [1.29, 1.82) is 0 Å². The molecule has 2 aromatic carbocycles. The fourth-order valence-corrected chi connectivity index (χ4v) is 5.47. The lowest BCUT2D eigenvalue weighted by Crippen LogP contribution is -2.26. The summed E-state index contributed by atoms with van der Waals surface area (Å²) >= 11 is 3.36. The van der Waals surface area contributed by atoms with E-state index >= 15 is 0 Å². The first-order valence-electron chi connectivity index (χ1n) is 9.22. The largest absolute Gasteiger partial charge is 0.335 e. The van der Waals surface area contributed by atoms with Gasteiger partial charge in [0.25, 0.3) is 0 Å². The number of rotatable bonds is 4. The molecule has 30 heavy (non-hydrogen) atoms. The zero-order valence-electron chi connectivity index (χ0n) is 16.0. The monoisotopic (exact) mass is 482 g/mol. The maximum absolute atomic E-state index is 13.5. The topological polar surface area (TPSA) is 40.0 Å². The van der Waals surface area contributed by atoms with Crippen molar-refractivity contribution in [2.24, 2.45) is 9.98 Å². The minimum atomic E-state index is -0.227. The quantitative estimate of drug-likeness (QED) is 0.619. The fraction of sp³-hybridized carbons (Fsp3) is 0.238. The van der Waals surface area contributed by atoms with Gasteiger partial charge in [-0.05, 0) is 35.1 Å². The first-order chi connectivity index (χ1) is 13.7. The van der Waals surface area contributed by atoms with E-state index in [2.05, 4.69) is 44.9 Å². The molecule has 3 heterocycles. The second-order valence-electron chi connectivity index (χ2n) is 6.93. The van der Waals surface area contributed by atoms with E-state index in [1.807, 2.05) is 6.07 Å². The Morgan fingerprint density at radius 2 is 2.00 bits per heavy atom. The molecule has 1 N–H and O–H groups in total. The average molecular weight is 483 g/mol. The molecule has 1 unspecified atom stereocenters. The molecule has 4 nitrogen and oxygen atoms in total. The van der Waals surface area contributed by atoms with Crippen molar-refractivity contribution >= 4 is 64.4 Å². The van der Waals surface area contributed by atoms with Crippen molar-refractivity contribution in [2.45, 2.75) is 19.0 Å². The Bertz CT molecular complexity index is 998. The molecule has 0 aliphatic carbocycles. The average Bonchev–Trinajstić information content (AvgIpc) is 3.27. The Balaban J connectivity index is 0.00000128. The fourth-order valence-electron chi connectivity index (χ4n) is 3.52. The molecule has 0 fully saturated rings. The molecule has 0 spiro atoms. The molecule has 3 aliphatic heterocycles. The first-order valence-corrected chi connectivity index (χ1v) is 11.1. The van der Waals surface area contributed by atoms with Crippen LogP contribution in [0.2, 0.25) is 0 Å². The zero-order valence-corrected chi connectivity index (χ0v) is 19.2. The lowest BCUT2D eigenvalue weighted by Gasteiger charge is -2.21. The molecule has 0 radical (unpaired) electrons. The summed E-state index contributed by atoms with van der Waals surface area (Å²) in [5.74, 6) is 0.593. The van der Waals surface area contributed by atoms with Crippen molar-refractivity contribution in [1.82, 2.24) is 4.90 Å². The van der Waals surface area contributed by atoms with Crippen molar-refractivity contribution in [2.75, 3.05) is 17.6 Å². The van der Waals surface area contributed by atoms with Crippen molar-refractivity contribution in [3.63, 3.8) is 0 Å². The number of benzene rings is 2. The Hall–Kier alpha value is -1.67. The highest BCUT2D eigenvalue weighted by molar-refractivity contribution is 8.17. The minimum absolute atomic E-state index is 0. The highest BCUT2D eigenvalue weighted by Crippen LogP contribution is 2.34. The van der Waals surface area contributed by atoms with Crippen LogP contribution in [0.15, 0.2) is 69.6 Å². The molecule has 2 aromatic rings. The highest BCUT2D eigenvalue weighted by Gasteiger charge is 2.32. The SMILES string of the molecule is Cl.Cl.Fc1ccc2c(c1)NC(SCC1=CSC3=NC(Cc4ccccc4)CN13)=NC2. The van der Waals surface area contributed by atoms with Crippen LogP contribution in [0.4, 0.5) is 10.1 Å². The summed E-state index contributed by atoms with van der Waals surface area (Å²) in [6.45, 7) is 1.52. The van der Waals surface area contributed by atoms with Gasteiger partial charge in [0.05, 0.1) is 12.6 Å². The standard InChI is InChI=1S/C21H19FN4S2.2ClH/c22-16-7-6-15-10-23-20(25-19(15)9-16)27-12-18-13-28-21-24-17(11-26(18)21)8-14-4-2-1-3-5-14;;/h1-7,9,13,17H,8,10-12H2,(H,23,25);2*1H. The van der Waals surface area contributed by atoms with E-state index < -0.39 is 0 Å². The number of thioether (sulfide) groups is 2. The van der Waals surface area contributed by atoms with Gasteiger partial charge in [-0.2, -0.15) is 0 Å². The summed E-state index contributed by atoms with van der Waals surface area (Å²) in [5, 5.41) is 7.38. The number of amidine groups is 2. The predicted octanol–water partition coefficient (Wildman–Crippen LogP) is 5.56. The molecule has 0 amide bonds. The normalized spacial score (nSPS) is 18.8. The van der Waals surface area contributed by atoms with Crippen LogP contribution in [0.3, 0.4) is 0 Å². The third-order valence-electron chi connectivity index (χ3n) is 4.94. The summed E-state index contributed by atoms with van der Waals surface area (Å²) in [4.78, 5) is 11.8. The number of hydrogen-bond acceptors (Lipinski definition) is 6. The smallest absolute Gasteiger partial charge is 0.168 e. The van der Waals surface area contributed by atoms with Gasteiger partial charge >= 0.3 is 0 Å². The number of anilines is 1. The summed E-state index contributed by atoms with van der Waals surface area (Å²) < 4.78 is 13.5. The second kappa shape index (κ2) is 10.1. The third kappa shape index (κ3) is 4.97. The molecule has 0 aromatic heterocycles.